The standard InChI is InChI=1S/C6H11NO2/c8-6(9)5-2-1-3-7-4-5/h5,7H,1-4H2,(H,8,9)/p+1. The zero-order valence-corrected chi connectivity index (χ0v) is 5.34. The molecule has 0 aromatic rings. The van der Waals surface area contributed by atoms with Crippen molar-refractivity contribution >= 4 is 5.97 Å². The van der Waals surface area contributed by atoms with Crippen molar-refractivity contribution in [1.29, 1.82) is 0 Å². The van der Waals surface area contributed by atoms with Crippen LogP contribution in [-0.2, 0) is 4.79 Å². The fourth-order valence-electron chi connectivity index (χ4n) is 1.17. The Morgan fingerprint density at radius 1 is 1.67 bits per heavy atom. The molecule has 0 saturated carbocycles. The highest BCUT2D eigenvalue weighted by molar-refractivity contribution is 5.70. The topological polar surface area (TPSA) is 53.9 Å². The molecule has 9 heavy (non-hydrogen) atoms. The molecule has 1 aliphatic heterocycles. The van der Waals surface area contributed by atoms with E-state index in [9.17, 15) is 4.79 Å². The van der Waals surface area contributed by atoms with E-state index in [-0.39, 0.29) is 5.92 Å². The summed E-state index contributed by atoms with van der Waals surface area (Å²) >= 11 is 0. The summed E-state index contributed by atoms with van der Waals surface area (Å²) in [6, 6.07) is 0. The summed E-state index contributed by atoms with van der Waals surface area (Å²) in [5, 5.41) is 10.6. The van der Waals surface area contributed by atoms with Crippen molar-refractivity contribution in [1.82, 2.24) is 0 Å². The van der Waals surface area contributed by atoms with E-state index < -0.39 is 5.97 Å². The van der Waals surface area contributed by atoms with Crippen molar-refractivity contribution in [2.24, 2.45) is 5.92 Å². The van der Waals surface area contributed by atoms with Crippen LogP contribution in [-0.4, -0.2) is 24.2 Å². The van der Waals surface area contributed by atoms with Gasteiger partial charge in [0.05, 0.1) is 13.1 Å². The van der Waals surface area contributed by atoms with Crippen LogP contribution in [0.3, 0.4) is 0 Å². The van der Waals surface area contributed by atoms with E-state index in [1.54, 1.807) is 0 Å². The number of nitrogens with two attached hydrogens (primary N) is 1. The number of aliphatic carboxylic acids is 1. The molecule has 1 heterocycles. The lowest BCUT2D eigenvalue weighted by Gasteiger charge is -2.15. The van der Waals surface area contributed by atoms with Crippen LogP contribution in [0.5, 0.6) is 0 Å². The number of hydrogen-bond acceptors (Lipinski definition) is 1. The van der Waals surface area contributed by atoms with Gasteiger partial charge in [-0.25, -0.2) is 0 Å². The Bertz CT molecular complexity index is 108. The molecular formula is C6H12NO2+. The Labute approximate surface area is 54.1 Å². The normalized spacial score (nSPS) is 27.8. The van der Waals surface area contributed by atoms with Crippen molar-refractivity contribution < 1.29 is 15.2 Å². The molecule has 0 aromatic carbocycles. The van der Waals surface area contributed by atoms with Crippen molar-refractivity contribution in [2.75, 3.05) is 13.1 Å². The Balaban J connectivity index is 2.31. The predicted molar refractivity (Wildman–Crippen MR) is 32.0 cm³/mol. The molecule has 1 rings (SSSR count). The summed E-state index contributed by atoms with van der Waals surface area (Å²) < 4.78 is 0. The molecule has 0 aromatic heterocycles. The first-order valence-electron chi connectivity index (χ1n) is 3.35. The van der Waals surface area contributed by atoms with Crippen molar-refractivity contribution in [3.63, 3.8) is 0 Å². The van der Waals surface area contributed by atoms with Gasteiger partial charge in [-0.15, -0.1) is 0 Å². The van der Waals surface area contributed by atoms with Gasteiger partial charge in [-0.3, -0.25) is 4.79 Å². The van der Waals surface area contributed by atoms with Gasteiger partial charge in [-0.2, -0.15) is 0 Å². The van der Waals surface area contributed by atoms with Crippen molar-refractivity contribution in [3.8, 4) is 0 Å². The van der Waals surface area contributed by atoms with Crippen molar-refractivity contribution in [3.05, 3.63) is 0 Å². The second-order valence-corrected chi connectivity index (χ2v) is 2.49. The fraction of sp³-hybridized carbons (Fsp3) is 0.833. The lowest BCUT2D eigenvalue weighted by Crippen LogP contribution is -2.87. The van der Waals surface area contributed by atoms with E-state index in [0.717, 1.165) is 25.9 Å². The van der Waals surface area contributed by atoms with E-state index in [1.807, 2.05) is 0 Å². The maximum atomic E-state index is 10.3. The van der Waals surface area contributed by atoms with Crippen molar-refractivity contribution in [2.45, 2.75) is 12.8 Å². The third-order valence-electron chi connectivity index (χ3n) is 1.76. The molecule has 3 heteroatoms. The van der Waals surface area contributed by atoms with Crippen LogP contribution in [0.2, 0.25) is 0 Å². The highest BCUT2D eigenvalue weighted by Crippen LogP contribution is 2.05. The minimum atomic E-state index is -0.633. The lowest BCUT2D eigenvalue weighted by molar-refractivity contribution is -0.666. The van der Waals surface area contributed by atoms with E-state index >= 15 is 0 Å². The van der Waals surface area contributed by atoms with Crippen LogP contribution in [0.15, 0.2) is 0 Å². The largest absolute Gasteiger partial charge is 0.481 e. The Hall–Kier alpha value is -0.570. The summed E-state index contributed by atoms with van der Waals surface area (Å²) in [6.45, 7) is 1.87. The molecule has 1 saturated heterocycles. The monoisotopic (exact) mass is 130 g/mol. The SMILES string of the molecule is O=C(O)C1CCC[NH2+]C1. The number of rotatable bonds is 1. The van der Waals surface area contributed by atoms with Crippen LogP contribution in [0.1, 0.15) is 12.8 Å². The zero-order chi connectivity index (χ0) is 6.69. The van der Waals surface area contributed by atoms with E-state index in [0.29, 0.717) is 0 Å². The molecule has 3 N–H and O–H groups in total. The first-order valence-corrected chi connectivity index (χ1v) is 3.35. The zero-order valence-electron chi connectivity index (χ0n) is 5.34. The number of carboxylic acids is 1. The number of carbonyl (C=O) groups is 1. The Morgan fingerprint density at radius 2 is 2.44 bits per heavy atom. The van der Waals surface area contributed by atoms with Gasteiger partial charge in [0.15, 0.2) is 0 Å². The van der Waals surface area contributed by atoms with Gasteiger partial charge in [-0.1, -0.05) is 0 Å². The average Bonchev–Trinajstić information content (AvgIpc) is 1.90. The maximum absolute atomic E-state index is 10.3. The molecule has 52 valence electrons. The Kier molecular flexibility index (Phi) is 2.05. The molecule has 3 nitrogen and oxygen atoms in total. The quantitative estimate of drug-likeness (QED) is 0.480. The summed E-state index contributed by atoms with van der Waals surface area (Å²) in [4.78, 5) is 10.3. The van der Waals surface area contributed by atoms with Crippen LogP contribution in [0.25, 0.3) is 0 Å². The number of piperidine rings is 1. The van der Waals surface area contributed by atoms with Crippen LogP contribution in [0, 0.1) is 5.92 Å². The Morgan fingerprint density at radius 3 is 2.78 bits per heavy atom. The minimum absolute atomic E-state index is 0.0845. The van der Waals surface area contributed by atoms with Gasteiger partial charge in [0.25, 0.3) is 0 Å². The summed E-state index contributed by atoms with van der Waals surface area (Å²) in [6.07, 6.45) is 1.92. The molecule has 1 fully saturated rings. The first kappa shape index (κ1) is 6.55. The van der Waals surface area contributed by atoms with Crippen LogP contribution < -0.4 is 5.32 Å². The predicted octanol–water partition coefficient (Wildman–Crippen LogP) is -0.956. The summed E-state index contributed by atoms with van der Waals surface area (Å²) in [5.74, 6) is -0.718. The summed E-state index contributed by atoms with van der Waals surface area (Å²) in [7, 11) is 0. The third-order valence-corrected chi connectivity index (χ3v) is 1.76. The second kappa shape index (κ2) is 2.82. The maximum Gasteiger partial charge on any atom is 0.312 e. The molecule has 1 unspecified atom stereocenters. The number of quaternary nitrogens is 1. The fourth-order valence-corrected chi connectivity index (χ4v) is 1.17. The molecule has 0 spiro atoms. The van der Waals surface area contributed by atoms with Crippen LogP contribution in [0.4, 0.5) is 0 Å². The van der Waals surface area contributed by atoms with Gasteiger partial charge < -0.3 is 10.4 Å². The molecule has 0 aliphatic carbocycles. The molecule has 0 amide bonds. The van der Waals surface area contributed by atoms with Gasteiger partial charge in [0.1, 0.15) is 5.92 Å². The molecule has 0 radical (unpaired) electrons. The average molecular weight is 130 g/mol. The first-order chi connectivity index (χ1) is 4.30. The van der Waals surface area contributed by atoms with Gasteiger partial charge in [0.2, 0.25) is 0 Å². The number of carboxylic acid groups (broad SMARTS) is 1. The van der Waals surface area contributed by atoms with Gasteiger partial charge in [-0.05, 0) is 12.8 Å². The van der Waals surface area contributed by atoms with E-state index in [1.165, 1.54) is 0 Å². The lowest BCUT2D eigenvalue weighted by atomic mass is 10.0. The summed E-state index contributed by atoms with van der Waals surface area (Å²) in [5.41, 5.74) is 0. The van der Waals surface area contributed by atoms with Gasteiger partial charge in [0, 0.05) is 0 Å². The third kappa shape index (κ3) is 1.68. The van der Waals surface area contributed by atoms with E-state index in [2.05, 4.69) is 5.32 Å². The molecule has 0 bridgehead atoms. The molecule has 1 aliphatic rings. The number of hydrogen-bond donors (Lipinski definition) is 2. The molecular weight excluding hydrogens is 118 g/mol. The second-order valence-electron chi connectivity index (χ2n) is 2.49. The highest BCUT2D eigenvalue weighted by Gasteiger charge is 2.21. The molecule has 1 atom stereocenters. The highest BCUT2D eigenvalue weighted by atomic mass is 16.4. The smallest absolute Gasteiger partial charge is 0.312 e. The minimum Gasteiger partial charge on any atom is -0.481 e. The van der Waals surface area contributed by atoms with Crippen LogP contribution >= 0.6 is 0 Å². The van der Waals surface area contributed by atoms with Gasteiger partial charge >= 0.3 is 5.97 Å². The van der Waals surface area contributed by atoms with E-state index in [4.69, 9.17) is 5.11 Å².